The van der Waals surface area contributed by atoms with Gasteiger partial charge in [0.05, 0.1) is 35.7 Å². The van der Waals surface area contributed by atoms with Crippen LogP contribution in [-0.4, -0.2) is 24.7 Å². The minimum absolute atomic E-state index is 0.128. The molecule has 0 saturated heterocycles. The lowest BCUT2D eigenvalue weighted by Gasteiger charge is -2.11. The van der Waals surface area contributed by atoms with Gasteiger partial charge < -0.3 is 10.6 Å². The van der Waals surface area contributed by atoms with Crippen LogP contribution in [-0.2, 0) is 13.1 Å². The zero-order chi connectivity index (χ0) is 27.0. The maximum atomic E-state index is 14.1. The van der Waals surface area contributed by atoms with Gasteiger partial charge in [-0.3, -0.25) is 9.36 Å². The van der Waals surface area contributed by atoms with Crippen LogP contribution in [0.5, 0.6) is 0 Å². The van der Waals surface area contributed by atoms with Crippen LogP contribution >= 0.6 is 35.4 Å². The monoisotopic (exact) mass is 574 g/mol. The lowest BCUT2D eigenvalue weighted by atomic mass is 10.1. The summed E-state index contributed by atoms with van der Waals surface area (Å²) in [6, 6.07) is 6.86. The van der Waals surface area contributed by atoms with Crippen molar-refractivity contribution in [2.75, 3.05) is 10.6 Å². The van der Waals surface area contributed by atoms with E-state index in [2.05, 4.69) is 20.8 Å². The molecule has 0 aliphatic carbocycles. The van der Waals surface area contributed by atoms with Crippen molar-refractivity contribution in [3.8, 4) is 0 Å². The van der Waals surface area contributed by atoms with E-state index in [9.17, 15) is 22.0 Å². The highest BCUT2D eigenvalue weighted by atomic mass is 35.5. The molecule has 0 saturated carbocycles. The van der Waals surface area contributed by atoms with Crippen LogP contribution in [0, 0.1) is 42.9 Å². The molecule has 0 aliphatic heterocycles. The highest BCUT2D eigenvalue weighted by molar-refractivity contribution is 7.80. The van der Waals surface area contributed by atoms with Crippen molar-refractivity contribution in [3.05, 3.63) is 92.1 Å². The number of thiocarbonyl (C=S) groups is 1. The van der Waals surface area contributed by atoms with E-state index in [1.54, 1.807) is 49.0 Å². The molecule has 0 spiro atoms. The van der Waals surface area contributed by atoms with Gasteiger partial charge in [0.1, 0.15) is 0 Å². The summed E-state index contributed by atoms with van der Waals surface area (Å²) in [5, 5.41) is 15.5. The Morgan fingerprint density at radius 3 is 2.05 bits per heavy atom. The van der Waals surface area contributed by atoms with Gasteiger partial charge in [-0.15, -0.1) is 0 Å². The normalized spacial score (nSPS) is 11.2. The fraction of sp³-hybridized carbons (Fsp3) is 0.174. The summed E-state index contributed by atoms with van der Waals surface area (Å²) in [5.74, 6) is -9.67. The zero-order valence-corrected chi connectivity index (χ0v) is 21.5. The Labute approximate surface area is 223 Å². The first-order valence-corrected chi connectivity index (χ1v) is 11.7. The molecule has 2 N–H and O–H groups in total. The predicted molar refractivity (Wildman–Crippen MR) is 135 cm³/mol. The third kappa shape index (κ3) is 5.41. The largest absolute Gasteiger partial charge is 0.329 e. The lowest BCUT2D eigenvalue weighted by Crippen LogP contribution is -2.20. The summed E-state index contributed by atoms with van der Waals surface area (Å²) in [7, 11) is 0. The van der Waals surface area contributed by atoms with E-state index in [1.807, 2.05) is 0 Å². The lowest BCUT2D eigenvalue weighted by molar-refractivity contribution is 0.366. The fourth-order valence-electron chi connectivity index (χ4n) is 3.59. The van der Waals surface area contributed by atoms with E-state index in [0.29, 0.717) is 45.0 Å². The number of hydrogen-bond donors (Lipinski definition) is 2. The van der Waals surface area contributed by atoms with Gasteiger partial charge >= 0.3 is 0 Å². The fourth-order valence-corrected chi connectivity index (χ4v) is 4.32. The minimum Gasteiger partial charge on any atom is -0.329 e. The quantitative estimate of drug-likeness (QED) is 0.117. The first-order valence-electron chi connectivity index (χ1n) is 10.6. The number of hydrogen-bond acceptors (Lipinski definition) is 3. The van der Waals surface area contributed by atoms with E-state index in [-0.39, 0.29) is 5.11 Å². The van der Waals surface area contributed by atoms with Crippen LogP contribution in [0.25, 0.3) is 0 Å². The van der Waals surface area contributed by atoms with Crippen LogP contribution in [0.4, 0.5) is 33.5 Å². The van der Waals surface area contributed by atoms with Gasteiger partial charge in [0, 0.05) is 27.9 Å². The Hall–Kier alpha value is -3.22. The highest BCUT2D eigenvalue weighted by Gasteiger charge is 2.27. The van der Waals surface area contributed by atoms with Gasteiger partial charge in [-0.1, -0.05) is 29.3 Å². The summed E-state index contributed by atoms with van der Waals surface area (Å²) >= 11 is 17.8. The van der Waals surface area contributed by atoms with Crippen LogP contribution in [0.3, 0.4) is 0 Å². The molecule has 4 rings (SSSR count). The Morgan fingerprint density at radius 2 is 1.43 bits per heavy atom. The van der Waals surface area contributed by atoms with Gasteiger partial charge in [-0.05, 0) is 38.2 Å². The minimum atomic E-state index is -2.22. The zero-order valence-electron chi connectivity index (χ0n) is 19.1. The molecule has 2 aromatic heterocycles. The molecule has 0 radical (unpaired) electrons. The second kappa shape index (κ2) is 10.6. The summed E-state index contributed by atoms with van der Waals surface area (Å²) in [6.07, 6.45) is 1.70. The molecule has 0 aliphatic rings. The molecule has 2 heterocycles. The molecule has 37 heavy (non-hydrogen) atoms. The maximum Gasteiger partial charge on any atom is 0.200 e. The van der Waals surface area contributed by atoms with Gasteiger partial charge in [0.15, 0.2) is 34.2 Å². The van der Waals surface area contributed by atoms with Crippen molar-refractivity contribution < 1.29 is 22.0 Å². The van der Waals surface area contributed by atoms with E-state index >= 15 is 0 Å². The summed E-state index contributed by atoms with van der Waals surface area (Å²) in [5.41, 5.74) is 0.824. The Bertz CT molecular complexity index is 1470. The summed E-state index contributed by atoms with van der Waals surface area (Å²) in [6.45, 7) is 2.78. The molecule has 0 atom stereocenters. The number of anilines is 2. The Balaban J connectivity index is 1.48. The van der Waals surface area contributed by atoms with E-state index in [1.165, 1.54) is 0 Å². The van der Waals surface area contributed by atoms with Crippen molar-refractivity contribution >= 4 is 52.0 Å². The molecule has 2 aromatic carbocycles. The van der Waals surface area contributed by atoms with Gasteiger partial charge in [-0.25, -0.2) is 22.0 Å². The van der Waals surface area contributed by atoms with Crippen LogP contribution in [0.1, 0.15) is 22.5 Å². The number of halogens is 7. The summed E-state index contributed by atoms with van der Waals surface area (Å²) < 4.78 is 71.5. The van der Waals surface area contributed by atoms with Crippen molar-refractivity contribution in [3.63, 3.8) is 0 Å². The number of nitrogens with zero attached hydrogens (tertiary/aromatic N) is 4. The second-order valence-electron chi connectivity index (χ2n) is 7.93. The molecule has 0 unspecified atom stereocenters. The van der Waals surface area contributed by atoms with Crippen molar-refractivity contribution in [2.45, 2.75) is 26.9 Å². The Morgan fingerprint density at radius 1 is 0.838 bits per heavy atom. The maximum absolute atomic E-state index is 14.1. The van der Waals surface area contributed by atoms with Gasteiger partial charge in [0.2, 0.25) is 5.82 Å². The van der Waals surface area contributed by atoms with Gasteiger partial charge in [-0.2, -0.15) is 10.2 Å². The molecule has 0 amide bonds. The molecule has 6 nitrogen and oxygen atoms in total. The molecule has 194 valence electrons. The van der Waals surface area contributed by atoms with E-state index < -0.39 is 41.2 Å². The second-order valence-corrected chi connectivity index (χ2v) is 9.15. The number of rotatable bonds is 6. The summed E-state index contributed by atoms with van der Waals surface area (Å²) in [4.78, 5) is 0. The van der Waals surface area contributed by atoms with Crippen LogP contribution in [0.2, 0.25) is 10.0 Å². The number of nitrogens with one attached hydrogen (secondary N) is 2. The first kappa shape index (κ1) is 26.8. The van der Waals surface area contributed by atoms with Crippen LogP contribution in [0.15, 0.2) is 30.5 Å². The smallest absolute Gasteiger partial charge is 0.200 e. The van der Waals surface area contributed by atoms with E-state index in [0.717, 1.165) is 4.68 Å². The predicted octanol–water partition coefficient (Wildman–Crippen LogP) is 6.60. The Kier molecular flexibility index (Phi) is 7.72. The van der Waals surface area contributed by atoms with Crippen molar-refractivity contribution in [1.29, 1.82) is 0 Å². The molecular weight excluding hydrogens is 558 g/mol. The molecule has 0 fully saturated rings. The average molecular weight is 575 g/mol. The van der Waals surface area contributed by atoms with Crippen molar-refractivity contribution in [1.82, 2.24) is 19.6 Å². The third-order valence-electron chi connectivity index (χ3n) is 5.49. The first-order chi connectivity index (χ1) is 17.5. The SMILES string of the molecule is Cc1nn(Cc2c(F)c(F)c(F)c(F)c2F)c(C)c1NC(=S)Nc1ccn(Cc2c(Cl)cccc2Cl)n1. The average Bonchev–Trinajstić information content (AvgIpc) is 3.40. The molecule has 0 bridgehead atoms. The highest BCUT2D eigenvalue weighted by Crippen LogP contribution is 2.27. The molecule has 14 heteroatoms. The number of benzene rings is 2. The number of aromatic nitrogens is 4. The van der Waals surface area contributed by atoms with Crippen molar-refractivity contribution in [2.24, 2.45) is 0 Å². The third-order valence-corrected chi connectivity index (χ3v) is 6.41. The van der Waals surface area contributed by atoms with E-state index in [4.69, 9.17) is 35.4 Å². The van der Waals surface area contributed by atoms with Crippen LogP contribution < -0.4 is 10.6 Å². The molecule has 4 aromatic rings. The molecular formula is C23H17Cl2F5N6S. The van der Waals surface area contributed by atoms with Gasteiger partial charge in [0.25, 0.3) is 0 Å². The standard InChI is InChI=1S/C23H17Cl2F5N6S/c1-10-22(11(2)36(33-10)9-13-17(26)19(28)21(30)20(29)18(13)27)32-23(37)31-16-6-7-35(34-16)8-12-14(24)4-3-5-15(12)25/h3-7H,8-9H2,1-2H3,(H2,31,32,34,37). The number of aryl methyl sites for hydroxylation is 1. The topological polar surface area (TPSA) is 59.7 Å².